The normalized spacial score (nSPS) is 22.6. The summed E-state index contributed by atoms with van der Waals surface area (Å²) in [5.74, 6) is -12.6. The lowest BCUT2D eigenvalue weighted by Gasteiger charge is -2.38. The molecule has 5 rings (SSSR count). The zero-order valence-electron chi connectivity index (χ0n) is 23.0. The summed E-state index contributed by atoms with van der Waals surface area (Å²) in [5.41, 5.74) is 1.30. The van der Waals surface area contributed by atoms with Gasteiger partial charge >= 0.3 is 0 Å². The van der Waals surface area contributed by atoms with E-state index in [-0.39, 0.29) is 38.0 Å². The van der Waals surface area contributed by atoms with Crippen molar-refractivity contribution < 1.29 is 46.4 Å². The van der Waals surface area contributed by atoms with Crippen molar-refractivity contribution in [1.29, 1.82) is 0 Å². The van der Waals surface area contributed by atoms with Gasteiger partial charge in [-0.3, -0.25) is 9.69 Å². The van der Waals surface area contributed by atoms with Gasteiger partial charge in [0, 0.05) is 31.1 Å². The Kier molecular flexibility index (Phi) is 9.72. The van der Waals surface area contributed by atoms with Crippen LogP contribution in [0.4, 0.5) is 22.0 Å². The van der Waals surface area contributed by atoms with E-state index in [1.54, 1.807) is 24.3 Å². The van der Waals surface area contributed by atoms with E-state index in [1.807, 2.05) is 24.3 Å². The average molecular weight is 607 g/mol. The molecular formula is C31H31F5N2O5. The molecule has 4 unspecified atom stereocenters. The highest BCUT2D eigenvalue weighted by Crippen LogP contribution is 2.38. The van der Waals surface area contributed by atoms with Crippen LogP contribution < -0.4 is 5.32 Å². The predicted molar refractivity (Wildman–Crippen MR) is 144 cm³/mol. The number of nitrogens with zero attached hydrogens (tertiary/aromatic N) is 1. The molecule has 2 aliphatic rings. The van der Waals surface area contributed by atoms with Crippen LogP contribution in [0.15, 0.2) is 48.5 Å². The second-order valence-electron chi connectivity index (χ2n) is 10.7. The van der Waals surface area contributed by atoms with Crippen molar-refractivity contribution in [3.63, 3.8) is 0 Å². The summed E-state index contributed by atoms with van der Waals surface area (Å²) in [7, 11) is 0. The van der Waals surface area contributed by atoms with Gasteiger partial charge in [0.15, 0.2) is 29.6 Å². The summed E-state index contributed by atoms with van der Waals surface area (Å²) < 4.78 is 81.0. The minimum Gasteiger partial charge on any atom is -0.395 e. The van der Waals surface area contributed by atoms with Crippen molar-refractivity contribution in [2.45, 2.75) is 57.0 Å². The van der Waals surface area contributed by atoms with E-state index < -0.39 is 46.8 Å². The van der Waals surface area contributed by atoms with Crippen molar-refractivity contribution in [3.8, 4) is 0 Å². The molecule has 0 bridgehead atoms. The second-order valence-corrected chi connectivity index (χ2v) is 10.7. The molecule has 0 aromatic heterocycles. The number of amides is 1. The molecule has 230 valence electrons. The van der Waals surface area contributed by atoms with Gasteiger partial charge in [0.2, 0.25) is 5.82 Å². The third-order valence-corrected chi connectivity index (χ3v) is 7.90. The molecule has 4 atom stereocenters. The molecule has 1 amide bonds. The van der Waals surface area contributed by atoms with E-state index in [0.717, 1.165) is 30.5 Å². The summed E-state index contributed by atoms with van der Waals surface area (Å²) in [6.45, 7) is 1.22. The number of benzene rings is 3. The van der Waals surface area contributed by atoms with Crippen molar-refractivity contribution in [3.05, 3.63) is 105 Å². The van der Waals surface area contributed by atoms with E-state index in [4.69, 9.17) is 9.47 Å². The maximum atomic E-state index is 14.0. The van der Waals surface area contributed by atoms with E-state index in [0.29, 0.717) is 24.1 Å². The molecular weight excluding hydrogens is 575 g/mol. The fourth-order valence-corrected chi connectivity index (χ4v) is 5.50. The van der Waals surface area contributed by atoms with Gasteiger partial charge in [-0.2, -0.15) is 0 Å². The number of aliphatic hydroxyl groups excluding tert-OH is 2. The smallest absolute Gasteiger partial charge is 0.257 e. The van der Waals surface area contributed by atoms with Crippen LogP contribution in [0.5, 0.6) is 0 Å². The van der Waals surface area contributed by atoms with Crippen molar-refractivity contribution >= 4 is 5.91 Å². The molecule has 2 fully saturated rings. The van der Waals surface area contributed by atoms with Crippen molar-refractivity contribution in [2.24, 2.45) is 0 Å². The number of likely N-dealkylation sites (tertiary alicyclic amines) is 1. The maximum absolute atomic E-state index is 14.0. The molecule has 12 heteroatoms. The Morgan fingerprint density at radius 2 is 1.44 bits per heavy atom. The van der Waals surface area contributed by atoms with Crippen molar-refractivity contribution in [1.82, 2.24) is 10.2 Å². The number of hydrogen-bond acceptors (Lipinski definition) is 6. The maximum Gasteiger partial charge on any atom is 0.257 e. The van der Waals surface area contributed by atoms with Gasteiger partial charge in [-0.05, 0) is 36.1 Å². The van der Waals surface area contributed by atoms with Crippen LogP contribution in [-0.4, -0.2) is 52.9 Å². The molecule has 0 saturated carbocycles. The van der Waals surface area contributed by atoms with Gasteiger partial charge in [-0.25, -0.2) is 22.0 Å². The first-order chi connectivity index (χ1) is 20.7. The van der Waals surface area contributed by atoms with Crippen LogP contribution in [0.3, 0.4) is 0 Å². The standard InChI is InChI=1S/C31H31F5N2O5/c32-25-24(26(33)28(35)29(36)27(25)34)30(41)37-13-17-3-9-20(10-4-17)31-42-22(14-38-11-1-2-21(38)16-40)12-23(43-31)19-7-5-18(15-39)6-8-19/h3-10,21-23,31,39-40H,1-2,11-16H2,(H,37,41). The number of halogens is 5. The first kappa shape index (κ1) is 31.0. The van der Waals surface area contributed by atoms with Gasteiger partial charge < -0.3 is 25.0 Å². The summed E-state index contributed by atoms with van der Waals surface area (Å²) >= 11 is 0. The van der Waals surface area contributed by atoms with Crippen molar-refractivity contribution in [2.75, 3.05) is 19.7 Å². The number of aliphatic hydroxyl groups is 2. The minimum absolute atomic E-state index is 0.0705. The van der Waals surface area contributed by atoms with E-state index in [2.05, 4.69) is 10.2 Å². The zero-order valence-corrected chi connectivity index (χ0v) is 23.0. The molecule has 0 aliphatic carbocycles. The first-order valence-electron chi connectivity index (χ1n) is 13.9. The lowest BCUT2D eigenvalue weighted by Crippen LogP contribution is -2.42. The Labute approximate surface area is 244 Å². The number of ether oxygens (including phenoxy) is 2. The summed E-state index contributed by atoms with van der Waals surface area (Å²) in [5, 5.41) is 21.4. The molecule has 2 aliphatic heterocycles. The average Bonchev–Trinajstić information content (AvgIpc) is 3.49. The fraction of sp³-hybridized carbons (Fsp3) is 0.387. The minimum atomic E-state index is -2.34. The van der Waals surface area contributed by atoms with Gasteiger partial charge in [0.25, 0.3) is 5.91 Å². The Bertz CT molecular complexity index is 1410. The highest BCUT2D eigenvalue weighted by molar-refractivity contribution is 5.94. The van der Waals surface area contributed by atoms with Gasteiger partial charge in [0.1, 0.15) is 5.56 Å². The van der Waals surface area contributed by atoms with E-state index in [1.165, 1.54) is 0 Å². The Morgan fingerprint density at radius 1 is 0.837 bits per heavy atom. The molecule has 43 heavy (non-hydrogen) atoms. The quantitative estimate of drug-likeness (QED) is 0.184. The summed E-state index contributed by atoms with van der Waals surface area (Å²) in [4.78, 5) is 14.5. The number of nitrogens with one attached hydrogen (secondary N) is 1. The van der Waals surface area contributed by atoms with E-state index in [9.17, 15) is 37.0 Å². The molecule has 3 aromatic carbocycles. The highest BCUT2D eigenvalue weighted by Gasteiger charge is 2.35. The topological polar surface area (TPSA) is 91.3 Å². The molecule has 2 saturated heterocycles. The Hall–Kier alpha value is -3.42. The van der Waals surface area contributed by atoms with Crippen LogP contribution in [-0.2, 0) is 22.6 Å². The van der Waals surface area contributed by atoms with Crippen LogP contribution in [0.1, 0.15) is 64.3 Å². The van der Waals surface area contributed by atoms with E-state index >= 15 is 0 Å². The third-order valence-electron chi connectivity index (χ3n) is 7.90. The lowest BCUT2D eigenvalue weighted by atomic mass is 9.99. The number of hydrogen-bond donors (Lipinski definition) is 3. The molecule has 2 heterocycles. The number of carbonyl (C=O) groups is 1. The van der Waals surface area contributed by atoms with Crippen LogP contribution >= 0.6 is 0 Å². The van der Waals surface area contributed by atoms with Gasteiger partial charge in [0.05, 0.1) is 25.4 Å². The summed E-state index contributed by atoms with van der Waals surface area (Å²) in [6, 6.07) is 14.2. The Balaban J connectivity index is 1.29. The van der Waals surface area contributed by atoms with Crippen LogP contribution in [0.25, 0.3) is 0 Å². The third kappa shape index (κ3) is 6.73. The molecule has 0 spiro atoms. The lowest BCUT2D eigenvalue weighted by molar-refractivity contribution is -0.253. The van der Waals surface area contributed by atoms with Crippen LogP contribution in [0, 0.1) is 29.1 Å². The number of carbonyl (C=O) groups excluding carboxylic acids is 1. The summed E-state index contributed by atoms with van der Waals surface area (Å²) in [6.07, 6.45) is 1.20. The largest absolute Gasteiger partial charge is 0.395 e. The zero-order chi connectivity index (χ0) is 30.7. The molecule has 0 radical (unpaired) electrons. The first-order valence-corrected chi connectivity index (χ1v) is 13.9. The van der Waals surface area contributed by atoms with Gasteiger partial charge in [-0.15, -0.1) is 0 Å². The SMILES string of the molecule is O=C(NCc1ccc(C2OC(CN3CCCC3CO)CC(c3ccc(CO)cc3)O2)cc1)c1c(F)c(F)c(F)c(F)c1F. The molecule has 7 nitrogen and oxygen atoms in total. The highest BCUT2D eigenvalue weighted by atomic mass is 19.2. The fourth-order valence-electron chi connectivity index (χ4n) is 5.50. The van der Waals surface area contributed by atoms with Gasteiger partial charge in [-0.1, -0.05) is 48.5 Å². The molecule has 3 aromatic rings. The Morgan fingerprint density at radius 3 is 2.07 bits per heavy atom. The number of rotatable bonds is 9. The monoisotopic (exact) mass is 606 g/mol. The second kappa shape index (κ2) is 13.5. The predicted octanol–water partition coefficient (Wildman–Crippen LogP) is 4.81. The van der Waals surface area contributed by atoms with Crippen LogP contribution in [0.2, 0.25) is 0 Å². The molecule has 3 N–H and O–H groups in total.